The fourth-order valence-electron chi connectivity index (χ4n) is 2.64. The van der Waals surface area contributed by atoms with Crippen LogP contribution in [0.4, 0.5) is 0 Å². The summed E-state index contributed by atoms with van der Waals surface area (Å²) in [5.41, 5.74) is 1.57. The Bertz CT molecular complexity index is 421. The summed E-state index contributed by atoms with van der Waals surface area (Å²) in [5.74, 6) is 0.943. The molecule has 2 atom stereocenters. The Kier molecular flexibility index (Phi) is 4.48. The van der Waals surface area contributed by atoms with Gasteiger partial charge in [0.1, 0.15) is 5.75 Å². The molecule has 0 aromatic heterocycles. The van der Waals surface area contributed by atoms with Crippen LogP contribution in [-0.2, 0) is 6.54 Å². The van der Waals surface area contributed by atoms with Crippen molar-refractivity contribution in [2.45, 2.75) is 45.3 Å². The second kappa shape index (κ2) is 5.93. The van der Waals surface area contributed by atoms with Gasteiger partial charge in [0, 0.05) is 31.2 Å². The van der Waals surface area contributed by atoms with Gasteiger partial charge in [0.05, 0.1) is 7.11 Å². The van der Waals surface area contributed by atoms with Crippen molar-refractivity contribution in [2.24, 2.45) is 0 Å². The van der Waals surface area contributed by atoms with E-state index in [1.165, 1.54) is 5.56 Å². The summed E-state index contributed by atoms with van der Waals surface area (Å²) in [6.07, 6.45) is 1.16. The Morgan fingerprint density at radius 1 is 1.47 bits per heavy atom. The molecule has 2 rings (SSSR count). The molecular formula is C16H26N2O. The molecule has 1 aliphatic rings. The van der Waals surface area contributed by atoms with E-state index in [-0.39, 0.29) is 5.54 Å². The predicted molar refractivity (Wildman–Crippen MR) is 79.6 cm³/mol. The van der Waals surface area contributed by atoms with Crippen LogP contribution in [0.3, 0.4) is 0 Å². The van der Waals surface area contributed by atoms with Gasteiger partial charge in [0.2, 0.25) is 0 Å². The van der Waals surface area contributed by atoms with Gasteiger partial charge in [-0.25, -0.2) is 0 Å². The summed E-state index contributed by atoms with van der Waals surface area (Å²) in [6.45, 7) is 10.0. The molecule has 1 aromatic carbocycles. The molecule has 19 heavy (non-hydrogen) atoms. The highest BCUT2D eigenvalue weighted by molar-refractivity contribution is 5.28. The van der Waals surface area contributed by atoms with Gasteiger partial charge in [-0.2, -0.15) is 0 Å². The fraction of sp³-hybridized carbons (Fsp3) is 0.625. The first kappa shape index (κ1) is 14.4. The standard InChI is InChI=1S/C16H26N2O/c1-5-16(3)12-18(13(2)10-17-16)11-14-7-6-8-15(9-14)19-4/h6-9,13,17H,5,10-12H2,1-4H3. The number of ether oxygens (including phenoxy) is 1. The SMILES string of the molecule is CCC1(C)CN(Cc2cccc(OC)c2)C(C)CN1. The first-order chi connectivity index (χ1) is 9.06. The van der Waals surface area contributed by atoms with Crippen molar-refractivity contribution in [3.63, 3.8) is 0 Å². The largest absolute Gasteiger partial charge is 0.497 e. The maximum atomic E-state index is 5.30. The minimum Gasteiger partial charge on any atom is -0.497 e. The monoisotopic (exact) mass is 262 g/mol. The normalized spacial score (nSPS) is 28.3. The van der Waals surface area contributed by atoms with E-state index in [1.807, 2.05) is 6.07 Å². The van der Waals surface area contributed by atoms with Gasteiger partial charge in [0.25, 0.3) is 0 Å². The number of hydrogen-bond donors (Lipinski definition) is 1. The second-order valence-electron chi connectivity index (χ2n) is 5.90. The Morgan fingerprint density at radius 2 is 2.26 bits per heavy atom. The molecule has 1 aromatic rings. The fourth-order valence-corrected chi connectivity index (χ4v) is 2.64. The van der Waals surface area contributed by atoms with Gasteiger partial charge in [-0.1, -0.05) is 19.1 Å². The van der Waals surface area contributed by atoms with Crippen molar-refractivity contribution in [1.82, 2.24) is 10.2 Å². The number of piperazine rings is 1. The quantitative estimate of drug-likeness (QED) is 0.903. The second-order valence-corrected chi connectivity index (χ2v) is 5.90. The molecule has 0 radical (unpaired) electrons. The predicted octanol–water partition coefficient (Wildman–Crippen LogP) is 2.66. The lowest BCUT2D eigenvalue weighted by Crippen LogP contribution is -2.61. The van der Waals surface area contributed by atoms with Crippen LogP contribution < -0.4 is 10.1 Å². The molecule has 1 aliphatic heterocycles. The molecule has 0 spiro atoms. The highest BCUT2D eigenvalue weighted by Crippen LogP contribution is 2.22. The van der Waals surface area contributed by atoms with E-state index < -0.39 is 0 Å². The lowest BCUT2D eigenvalue weighted by molar-refractivity contribution is 0.0865. The summed E-state index contributed by atoms with van der Waals surface area (Å²) in [6, 6.07) is 8.96. The Labute approximate surface area is 116 Å². The van der Waals surface area contributed by atoms with E-state index in [0.29, 0.717) is 6.04 Å². The maximum absolute atomic E-state index is 5.30. The molecule has 1 heterocycles. The maximum Gasteiger partial charge on any atom is 0.119 e. The number of rotatable bonds is 4. The van der Waals surface area contributed by atoms with E-state index in [0.717, 1.165) is 31.8 Å². The van der Waals surface area contributed by atoms with Crippen LogP contribution in [0.15, 0.2) is 24.3 Å². The topological polar surface area (TPSA) is 24.5 Å². The van der Waals surface area contributed by atoms with Crippen molar-refractivity contribution in [1.29, 1.82) is 0 Å². The molecule has 106 valence electrons. The molecule has 0 amide bonds. The summed E-state index contributed by atoms with van der Waals surface area (Å²) in [7, 11) is 1.72. The number of benzene rings is 1. The Balaban J connectivity index is 2.07. The van der Waals surface area contributed by atoms with Crippen molar-refractivity contribution in [2.75, 3.05) is 20.2 Å². The average molecular weight is 262 g/mol. The number of hydrogen-bond acceptors (Lipinski definition) is 3. The zero-order valence-electron chi connectivity index (χ0n) is 12.6. The minimum absolute atomic E-state index is 0.241. The van der Waals surface area contributed by atoms with E-state index in [9.17, 15) is 0 Å². The highest BCUT2D eigenvalue weighted by atomic mass is 16.5. The van der Waals surface area contributed by atoms with Crippen molar-refractivity contribution >= 4 is 0 Å². The molecule has 2 unspecified atom stereocenters. The smallest absolute Gasteiger partial charge is 0.119 e. The van der Waals surface area contributed by atoms with Crippen LogP contribution in [-0.4, -0.2) is 36.7 Å². The average Bonchev–Trinajstić information content (AvgIpc) is 2.43. The zero-order valence-corrected chi connectivity index (χ0v) is 12.6. The number of nitrogens with zero attached hydrogens (tertiary/aromatic N) is 1. The van der Waals surface area contributed by atoms with E-state index in [1.54, 1.807) is 7.11 Å². The van der Waals surface area contributed by atoms with E-state index >= 15 is 0 Å². The number of nitrogens with one attached hydrogen (secondary N) is 1. The lowest BCUT2D eigenvalue weighted by atomic mass is 9.93. The van der Waals surface area contributed by atoms with Crippen LogP contribution in [0.1, 0.15) is 32.8 Å². The van der Waals surface area contributed by atoms with Crippen molar-refractivity contribution < 1.29 is 4.74 Å². The summed E-state index contributed by atoms with van der Waals surface area (Å²) in [5, 5.41) is 3.67. The molecule has 0 bridgehead atoms. The van der Waals surface area contributed by atoms with Gasteiger partial charge in [-0.15, -0.1) is 0 Å². The summed E-state index contributed by atoms with van der Waals surface area (Å²) < 4.78 is 5.30. The van der Waals surface area contributed by atoms with Crippen molar-refractivity contribution in [3.8, 4) is 5.75 Å². The van der Waals surface area contributed by atoms with Gasteiger partial charge in [0.15, 0.2) is 0 Å². The molecule has 1 fully saturated rings. The summed E-state index contributed by atoms with van der Waals surface area (Å²) in [4.78, 5) is 2.56. The zero-order chi connectivity index (χ0) is 13.9. The van der Waals surface area contributed by atoms with Crippen LogP contribution in [0.25, 0.3) is 0 Å². The molecule has 0 saturated carbocycles. The number of methoxy groups -OCH3 is 1. The van der Waals surface area contributed by atoms with E-state index in [4.69, 9.17) is 4.74 Å². The molecule has 1 saturated heterocycles. The van der Waals surface area contributed by atoms with Crippen LogP contribution in [0.2, 0.25) is 0 Å². The van der Waals surface area contributed by atoms with Gasteiger partial charge in [-0.3, -0.25) is 4.90 Å². The molecular weight excluding hydrogens is 236 g/mol. The Hall–Kier alpha value is -1.06. The van der Waals surface area contributed by atoms with Crippen molar-refractivity contribution in [3.05, 3.63) is 29.8 Å². The highest BCUT2D eigenvalue weighted by Gasteiger charge is 2.32. The third-order valence-electron chi connectivity index (χ3n) is 4.30. The Morgan fingerprint density at radius 3 is 2.95 bits per heavy atom. The molecule has 3 nitrogen and oxygen atoms in total. The third kappa shape index (κ3) is 3.48. The van der Waals surface area contributed by atoms with Crippen LogP contribution >= 0.6 is 0 Å². The first-order valence-corrected chi connectivity index (χ1v) is 7.18. The minimum atomic E-state index is 0.241. The molecule has 3 heteroatoms. The van der Waals surface area contributed by atoms with Gasteiger partial charge >= 0.3 is 0 Å². The first-order valence-electron chi connectivity index (χ1n) is 7.18. The van der Waals surface area contributed by atoms with Crippen LogP contribution in [0.5, 0.6) is 5.75 Å². The van der Waals surface area contributed by atoms with Gasteiger partial charge in [-0.05, 0) is 38.0 Å². The lowest BCUT2D eigenvalue weighted by Gasteiger charge is -2.45. The third-order valence-corrected chi connectivity index (χ3v) is 4.30. The molecule has 0 aliphatic carbocycles. The van der Waals surface area contributed by atoms with E-state index in [2.05, 4.69) is 49.2 Å². The summed E-state index contributed by atoms with van der Waals surface area (Å²) >= 11 is 0. The molecule has 1 N–H and O–H groups in total. The van der Waals surface area contributed by atoms with Gasteiger partial charge < -0.3 is 10.1 Å². The van der Waals surface area contributed by atoms with Crippen LogP contribution in [0, 0.1) is 0 Å².